The van der Waals surface area contributed by atoms with E-state index >= 15 is 0 Å². The van der Waals surface area contributed by atoms with Crippen molar-refractivity contribution in [1.29, 1.82) is 0 Å². The molecule has 2 aromatic carbocycles. The number of rotatable bonds is 5. The number of benzene rings is 2. The van der Waals surface area contributed by atoms with Crippen molar-refractivity contribution in [3.8, 4) is 11.5 Å². The molecule has 6 nitrogen and oxygen atoms in total. The molecule has 0 amide bonds. The standard InChI is InChI=1S/C15H16N4O2/c1-17-12-8-15(21-3)13(9-14(12)20-2)19-18-11-6-4-10(16)5-7-11/h4-9H,1,16H2,2-3H3. The second-order valence-corrected chi connectivity index (χ2v) is 4.15. The Bertz CT molecular complexity index is 666. The molecule has 0 spiro atoms. The molecule has 0 unspecified atom stereocenters. The lowest BCUT2D eigenvalue weighted by Crippen LogP contribution is -1.87. The van der Waals surface area contributed by atoms with Crippen LogP contribution in [-0.2, 0) is 0 Å². The van der Waals surface area contributed by atoms with Gasteiger partial charge in [-0.3, -0.25) is 4.99 Å². The summed E-state index contributed by atoms with van der Waals surface area (Å²) in [6.07, 6.45) is 0. The van der Waals surface area contributed by atoms with Crippen LogP contribution in [-0.4, -0.2) is 20.9 Å². The van der Waals surface area contributed by atoms with Crippen molar-refractivity contribution in [2.75, 3.05) is 20.0 Å². The molecule has 0 aliphatic rings. The Hall–Kier alpha value is -2.89. The number of hydrogen-bond acceptors (Lipinski definition) is 6. The molecular formula is C15H16N4O2. The number of methoxy groups -OCH3 is 2. The maximum Gasteiger partial charge on any atom is 0.148 e. The van der Waals surface area contributed by atoms with Crippen LogP contribution in [0, 0.1) is 0 Å². The number of nitrogens with zero attached hydrogens (tertiary/aromatic N) is 3. The quantitative estimate of drug-likeness (QED) is 0.511. The van der Waals surface area contributed by atoms with Crippen LogP contribution in [0.5, 0.6) is 11.5 Å². The van der Waals surface area contributed by atoms with Gasteiger partial charge in [0.2, 0.25) is 0 Å². The largest absolute Gasteiger partial charge is 0.494 e. The molecule has 0 bridgehead atoms. The molecule has 6 heteroatoms. The third-order valence-electron chi connectivity index (χ3n) is 2.82. The highest BCUT2D eigenvalue weighted by atomic mass is 16.5. The lowest BCUT2D eigenvalue weighted by molar-refractivity contribution is 0.405. The molecule has 0 aliphatic carbocycles. The van der Waals surface area contributed by atoms with Crippen molar-refractivity contribution in [1.82, 2.24) is 0 Å². The van der Waals surface area contributed by atoms with E-state index in [1.165, 1.54) is 0 Å². The van der Waals surface area contributed by atoms with Gasteiger partial charge in [-0.25, -0.2) is 0 Å². The van der Waals surface area contributed by atoms with Gasteiger partial charge in [-0.05, 0) is 31.0 Å². The minimum Gasteiger partial charge on any atom is -0.494 e. The maximum atomic E-state index is 5.62. The van der Waals surface area contributed by atoms with Crippen molar-refractivity contribution in [2.45, 2.75) is 0 Å². The Balaban J connectivity index is 2.38. The van der Waals surface area contributed by atoms with E-state index in [4.69, 9.17) is 15.2 Å². The summed E-state index contributed by atoms with van der Waals surface area (Å²) in [5.74, 6) is 1.09. The average Bonchev–Trinajstić information content (AvgIpc) is 2.53. The molecule has 0 aromatic heterocycles. The highest BCUT2D eigenvalue weighted by Crippen LogP contribution is 2.40. The summed E-state index contributed by atoms with van der Waals surface area (Å²) in [7, 11) is 3.11. The molecule has 0 saturated heterocycles. The molecule has 0 aliphatic heterocycles. The van der Waals surface area contributed by atoms with Crippen LogP contribution in [0.3, 0.4) is 0 Å². The van der Waals surface area contributed by atoms with Crippen LogP contribution in [0.1, 0.15) is 0 Å². The Morgan fingerprint density at radius 2 is 1.48 bits per heavy atom. The summed E-state index contributed by atoms with van der Waals surface area (Å²) in [4.78, 5) is 3.88. The SMILES string of the molecule is C=Nc1cc(OC)c(N=Nc2ccc(N)cc2)cc1OC. The van der Waals surface area contributed by atoms with E-state index in [-0.39, 0.29) is 0 Å². The van der Waals surface area contributed by atoms with Gasteiger partial charge in [-0.15, -0.1) is 5.11 Å². The predicted molar refractivity (Wildman–Crippen MR) is 83.8 cm³/mol. The topological polar surface area (TPSA) is 81.6 Å². The first-order valence-corrected chi connectivity index (χ1v) is 6.18. The smallest absolute Gasteiger partial charge is 0.148 e. The monoisotopic (exact) mass is 284 g/mol. The van der Waals surface area contributed by atoms with E-state index in [9.17, 15) is 0 Å². The molecule has 108 valence electrons. The Kier molecular flexibility index (Phi) is 4.50. The predicted octanol–water partition coefficient (Wildman–Crippen LogP) is 4.03. The fraction of sp³-hybridized carbons (Fsp3) is 0.133. The number of ether oxygens (including phenoxy) is 2. The number of aliphatic imine (C=N–C) groups is 1. The lowest BCUT2D eigenvalue weighted by atomic mass is 10.2. The van der Waals surface area contributed by atoms with Crippen molar-refractivity contribution in [2.24, 2.45) is 15.2 Å². The van der Waals surface area contributed by atoms with Gasteiger partial charge in [-0.1, -0.05) is 0 Å². The van der Waals surface area contributed by atoms with Gasteiger partial charge in [0.25, 0.3) is 0 Å². The third-order valence-corrected chi connectivity index (χ3v) is 2.82. The molecule has 2 N–H and O–H groups in total. The molecule has 0 fully saturated rings. The molecular weight excluding hydrogens is 268 g/mol. The summed E-state index contributed by atoms with van der Waals surface area (Å²) in [5, 5.41) is 8.32. The molecule has 0 heterocycles. The molecule has 2 aromatic rings. The van der Waals surface area contributed by atoms with Gasteiger partial charge in [0.1, 0.15) is 22.9 Å². The fourth-order valence-corrected chi connectivity index (χ4v) is 1.72. The summed E-state index contributed by atoms with van der Waals surface area (Å²) >= 11 is 0. The zero-order chi connectivity index (χ0) is 15.2. The zero-order valence-electron chi connectivity index (χ0n) is 11.9. The molecule has 0 saturated carbocycles. The molecule has 2 rings (SSSR count). The van der Waals surface area contributed by atoms with Gasteiger partial charge in [-0.2, -0.15) is 5.11 Å². The van der Waals surface area contributed by atoms with Crippen LogP contribution in [0.4, 0.5) is 22.7 Å². The van der Waals surface area contributed by atoms with Gasteiger partial charge in [0, 0.05) is 17.8 Å². The summed E-state index contributed by atoms with van der Waals surface area (Å²) in [5.41, 5.74) is 8.12. The van der Waals surface area contributed by atoms with E-state index in [2.05, 4.69) is 21.9 Å². The minimum absolute atomic E-state index is 0.539. The highest BCUT2D eigenvalue weighted by Gasteiger charge is 2.10. The molecule has 0 radical (unpaired) electrons. The van der Waals surface area contributed by atoms with Crippen LogP contribution >= 0.6 is 0 Å². The first kappa shape index (κ1) is 14.5. The minimum atomic E-state index is 0.539. The summed E-state index contributed by atoms with van der Waals surface area (Å²) in [6, 6.07) is 10.5. The second-order valence-electron chi connectivity index (χ2n) is 4.15. The van der Waals surface area contributed by atoms with Crippen molar-refractivity contribution >= 4 is 29.5 Å². The Morgan fingerprint density at radius 1 is 0.905 bits per heavy atom. The van der Waals surface area contributed by atoms with E-state index in [0.29, 0.717) is 34.2 Å². The van der Waals surface area contributed by atoms with Gasteiger partial charge in [0.05, 0.1) is 19.9 Å². The first-order valence-electron chi connectivity index (χ1n) is 6.18. The highest BCUT2D eigenvalue weighted by molar-refractivity contribution is 5.68. The normalized spacial score (nSPS) is 10.6. The van der Waals surface area contributed by atoms with Gasteiger partial charge >= 0.3 is 0 Å². The fourth-order valence-electron chi connectivity index (χ4n) is 1.72. The lowest BCUT2D eigenvalue weighted by Gasteiger charge is -2.09. The summed E-state index contributed by atoms with van der Waals surface area (Å²) < 4.78 is 10.5. The van der Waals surface area contributed by atoms with E-state index in [1.807, 2.05) is 0 Å². The number of nitrogen functional groups attached to an aromatic ring is 1. The Morgan fingerprint density at radius 3 is 2.05 bits per heavy atom. The van der Waals surface area contributed by atoms with E-state index in [0.717, 1.165) is 0 Å². The van der Waals surface area contributed by atoms with Crippen molar-refractivity contribution in [3.63, 3.8) is 0 Å². The van der Waals surface area contributed by atoms with Crippen LogP contribution in [0.25, 0.3) is 0 Å². The second kappa shape index (κ2) is 6.51. The van der Waals surface area contributed by atoms with Crippen LogP contribution in [0.2, 0.25) is 0 Å². The third kappa shape index (κ3) is 3.36. The van der Waals surface area contributed by atoms with Gasteiger partial charge in [0.15, 0.2) is 0 Å². The number of azo groups is 1. The number of nitrogens with two attached hydrogens (primary N) is 1. The summed E-state index contributed by atoms with van der Waals surface area (Å²) in [6.45, 7) is 3.49. The van der Waals surface area contributed by atoms with Crippen LogP contribution < -0.4 is 15.2 Å². The maximum absolute atomic E-state index is 5.62. The van der Waals surface area contributed by atoms with Crippen LogP contribution in [0.15, 0.2) is 51.6 Å². The molecule has 0 atom stereocenters. The van der Waals surface area contributed by atoms with Gasteiger partial charge < -0.3 is 15.2 Å². The number of anilines is 1. The van der Waals surface area contributed by atoms with E-state index < -0.39 is 0 Å². The average molecular weight is 284 g/mol. The molecule has 21 heavy (non-hydrogen) atoms. The van der Waals surface area contributed by atoms with Crippen molar-refractivity contribution in [3.05, 3.63) is 36.4 Å². The van der Waals surface area contributed by atoms with Crippen molar-refractivity contribution < 1.29 is 9.47 Å². The van der Waals surface area contributed by atoms with E-state index in [1.54, 1.807) is 50.6 Å². The number of hydrogen-bond donors (Lipinski definition) is 1. The Labute approximate surface area is 122 Å². The first-order chi connectivity index (χ1) is 10.2. The zero-order valence-corrected chi connectivity index (χ0v) is 11.9.